The predicted molar refractivity (Wildman–Crippen MR) is 152 cm³/mol. The van der Waals surface area contributed by atoms with E-state index in [9.17, 15) is 0 Å². The fraction of sp³-hybridized carbons (Fsp3) is 0.161. The molecule has 1 aliphatic rings. The number of fused-ring (bicyclic) bond motifs is 1. The number of nitrogens with two attached hydrogens (primary N) is 1. The fourth-order valence-electron chi connectivity index (χ4n) is 5.28. The number of nitrogens with one attached hydrogen (secondary N) is 1. The molecule has 3 N–H and O–H groups in total. The summed E-state index contributed by atoms with van der Waals surface area (Å²) in [5.41, 5.74) is 10.8. The number of nitrogen functional groups attached to an aromatic ring is 1. The number of anilines is 4. The van der Waals surface area contributed by atoms with Crippen LogP contribution in [0.1, 0.15) is 17.2 Å². The Balaban J connectivity index is 1.22. The summed E-state index contributed by atoms with van der Waals surface area (Å²) in [6.45, 7) is 3.49. The Morgan fingerprint density at radius 3 is 2.00 bits per heavy atom. The van der Waals surface area contributed by atoms with Gasteiger partial charge in [-0.15, -0.1) is 0 Å². The second-order valence-corrected chi connectivity index (χ2v) is 9.36. The highest BCUT2D eigenvalue weighted by Gasteiger charge is 2.28. The van der Waals surface area contributed by atoms with Crippen molar-refractivity contribution >= 4 is 33.8 Å². The highest BCUT2D eigenvalue weighted by molar-refractivity contribution is 5.96. The zero-order chi connectivity index (χ0) is 25.0. The van der Waals surface area contributed by atoms with Crippen molar-refractivity contribution in [2.45, 2.75) is 6.04 Å². The largest absolute Gasteiger partial charge is 0.393 e. The van der Waals surface area contributed by atoms with E-state index in [0.29, 0.717) is 11.5 Å². The van der Waals surface area contributed by atoms with Gasteiger partial charge in [0.05, 0.1) is 6.04 Å². The molecular formula is C31H30N6. The number of rotatable bonds is 6. The first-order valence-corrected chi connectivity index (χ1v) is 12.7. The molecule has 1 aliphatic heterocycles. The molecule has 5 aromatic rings. The molecule has 0 bridgehead atoms. The van der Waals surface area contributed by atoms with Crippen LogP contribution in [-0.2, 0) is 0 Å². The van der Waals surface area contributed by atoms with Crippen molar-refractivity contribution in [1.82, 2.24) is 14.9 Å². The molecule has 0 amide bonds. The van der Waals surface area contributed by atoms with Gasteiger partial charge in [0.1, 0.15) is 12.0 Å². The maximum atomic E-state index is 6.64. The fourth-order valence-corrected chi connectivity index (χ4v) is 5.28. The maximum absolute atomic E-state index is 6.64. The molecule has 4 aromatic carbocycles. The molecule has 0 saturated carbocycles. The summed E-state index contributed by atoms with van der Waals surface area (Å²) in [5, 5.41) is 5.75. The van der Waals surface area contributed by atoms with Crippen LogP contribution >= 0.6 is 0 Å². The zero-order valence-electron chi connectivity index (χ0n) is 20.7. The summed E-state index contributed by atoms with van der Waals surface area (Å²) in [7, 11) is 0. The predicted octanol–water partition coefficient (Wildman–Crippen LogP) is 5.87. The molecule has 0 unspecified atom stereocenters. The van der Waals surface area contributed by atoms with Crippen molar-refractivity contribution in [2.24, 2.45) is 0 Å². The third-order valence-electron chi connectivity index (χ3n) is 7.12. The zero-order valence-corrected chi connectivity index (χ0v) is 20.7. The molecule has 1 saturated heterocycles. The summed E-state index contributed by atoms with van der Waals surface area (Å²) in [6, 6.07) is 36.2. The van der Waals surface area contributed by atoms with Gasteiger partial charge in [-0.3, -0.25) is 4.90 Å². The molecule has 1 fully saturated rings. The second kappa shape index (κ2) is 10.3. The average Bonchev–Trinajstić information content (AvgIpc) is 2.96. The van der Waals surface area contributed by atoms with E-state index in [1.54, 1.807) is 6.33 Å². The maximum Gasteiger partial charge on any atom is 0.159 e. The van der Waals surface area contributed by atoms with Gasteiger partial charge >= 0.3 is 0 Å². The van der Waals surface area contributed by atoms with Gasteiger partial charge in [-0.2, -0.15) is 0 Å². The van der Waals surface area contributed by atoms with Crippen LogP contribution in [0.25, 0.3) is 10.8 Å². The number of benzene rings is 4. The van der Waals surface area contributed by atoms with Gasteiger partial charge in [0.15, 0.2) is 11.6 Å². The molecule has 0 aliphatic carbocycles. The average molecular weight is 487 g/mol. The Morgan fingerprint density at radius 1 is 0.676 bits per heavy atom. The monoisotopic (exact) mass is 486 g/mol. The van der Waals surface area contributed by atoms with Crippen molar-refractivity contribution in [3.63, 3.8) is 0 Å². The van der Waals surface area contributed by atoms with E-state index in [1.807, 2.05) is 18.2 Å². The lowest BCUT2D eigenvalue weighted by Crippen LogP contribution is -2.48. The van der Waals surface area contributed by atoms with Crippen LogP contribution in [0.5, 0.6) is 0 Å². The molecule has 2 heterocycles. The van der Waals surface area contributed by atoms with Crippen molar-refractivity contribution in [2.75, 3.05) is 42.1 Å². The quantitative estimate of drug-likeness (QED) is 0.313. The summed E-state index contributed by atoms with van der Waals surface area (Å²) in [6.07, 6.45) is 1.60. The van der Waals surface area contributed by atoms with Crippen LogP contribution in [0.2, 0.25) is 0 Å². The highest BCUT2D eigenvalue weighted by Crippen LogP contribution is 2.34. The molecule has 37 heavy (non-hydrogen) atoms. The van der Waals surface area contributed by atoms with E-state index < -0.39 is 0 Å². The first-order valence-electron chi connectivity index (χ1n) is 12.7. The molecule has 184 valence electrons. The minimum absolute atomic E-state index is 0.218. The molecule has 0 radical (unpaired) electrons. The molecule has 1 aromatic heterocycles. The SMILES string of the molecule is Nc1c(Nc2cccc3ccccc23)ncnc1N1CCN(C(c2ccccc2)c2ccccc2)CC1. The first kappa shape index (κ1) is 23.0. The normalized spacial score (nSPS) is 14.2. The van der Waals surface area contributed by atoms with E-state index in [0.717, 1.165) is 43.1 Å². The smallest absolute Gasteiger partial charge is 0.159 e. The van der Waals surface area contributed by atoms with E-state index in [1.165, 1.54) is 16.5 Å². The highest BCUT2D eigenvalue weighted by atomic mass is 15.3. The number of nitrogens with zero attached hydrogens (tertiary/aromatic N) is 4. The van der Waals surface area contributed by atoms with E-state index in [-0.39, 0.29) is 6.04 Å². The Hall–Kier alpha value is -4.42. The lowest BCUT2D eigenvalue weighted by molar-refractivity contribution is 0.212. The topological polar surface area (TPSA) is 70.3 Å². The third-order valence-corrected chi connectivity index (χ3v) is 7.12. The number of hydrogen-bond donors (Lipinski definition) is 2. The molecule has 6 rings (SSSR count). The first-order chi connectivity index (χ1) is 18.3. The minimum Gasteiger partial charge on any atom is -0.393 e. The van der Waals surface area contributed by atoms with E-state index >= 15 is 0 Å². The molecular weight excluding hydrogens is 456 g/mol. The van der Waals surface area contributed by atoms with Crippen molar-refractivity contribution < 1.29 is 0 Å². The van der Waals surface area contributed by atoms with Crippen LogP contribution < -0.4 is 16.0 Å². The van der Waals surface area contributed by atoms with Gasteiger partial charge in [0.2, 0.25) is 0 Å². The Kier molecular flexibility index (Phi) is 6.40. The van der Waals surface area contributed by atoms with Gasteiger partial charge in [0.25, 0.3) is 0 Å². The molecule has 6 heteroatoms. The lowest BCUT2D eigenvalue weighted by Gasteiger charge is -2.40. The van der Waals surface area contributed by atoms with E-state index in [2.05, 4.69) is 110 Å². The number of piperazine rings is 1. The van der Waals surface area contributed by atoms with Crippen LogP contribution in [0.4, 0.5) is 23.0 Å². The summed E-state index contributed by atoms with van der Waals surface area (Å²) < 4.78 is 0. The number of hydrogen-bond acceptors (Lipinski definition) is 6. The Bertz CT molecular complexity index is 1440. The summed E-state index contributed by atoms with van der Waals surface area (Å²) >= 11 is 0. The van der Waals surface area contributed by atoms with Gasteiger partial charge in [0, 0.05) is 37.3 Å². The van der Waals surface area contributed by atoms with E-state index in [4.69, 9.17) is 5.73 Å². The Morgan fingerprint density at radius 2 is 1.30 bits per heavy atom. The third kappa shape index (κ3) is 4.71. The van der Waals surface area contributed by atoms with Crippen molar-refractivity contribution in [3.05, 3.63) is 121 Å². The standard InChI is InChI=1S/C31H30N6/c32-28-30(35-27-17-9-15-23-10-7-8-16-26(23)27)33-22-34-31(28)37-20-18-36(19-21-37)29(24-11-3-1-4-12-24)25-13-5-2-6-14-25/h1-17,22,29H,18-21,32H2,(H,33,34,35). The Labute approximate surface area is 217 Å². The van der Waals surface area contributed by atoms with Gasteiger partial charge < -0.3 is 16.0 Å². The van der Waals surface area contributed by atoms with Crippen LogP contribution in [0.3, 0.4) is 0 Å². The summed E-state index contributed by atoms with van der Waals surface area (Å²) in [4.78, 5) is 13.9. The lowest BCUT2D eigenvalue weighted by atomic mass is 9.96. The van der Waals surface area contributed by atoms with Gasteiger partial charge in [-0.25, -0.2) is 9.97 Å². The van der Waals surface area contributed by atoms with Crippen molar-refractivity contribution in [3.8, 4) is 0 Å². The van der Waals surface area contributed by atoms with Crippen LogP contribution in [0.15, 0.2) is 109 Å². The van der Waals surface area contributed by atoms with Gasteiger partial charge in [-0.1, -0.05) is 97.1 Å². The van der Waals surface area contributed by atoms with Crippen molar-refractivity contribution in [1.29, 1.82) is 0 Å². The molecule has 0 atom stereocenters. The molecule has 0 spiro atoms. The minimum atomic E-state index is 0.218. The van der Waals surface area contributed by atoms with Crippen LogP contribution in [0, 0.1) is 0 Å². The second-order valence-electron chi connectivity index (χ2n) is 9.36. The number of aromatic nitrogens is 2. The molecule has 6 nitrogen and oxygen atoms in total. The van der Waals surface area contributed by atoms with Crippen LogP contribution in [-0.4, -0.2) is 41.0 Å². The summed E-state index contributed by atoms with van der Waals surface area (Å²) in [5.74, 6) is 1.42. The van der Waals surface area contributed by atoms with Gasteiger partial charge in [-0.05, 0) is 22.6 Å².